The van der Waals surface area contributed by atoms with Crippen molar-refractivity contribution < 1.29 is 19.7 Å². The summed E-state index contributed by atoms with van der Waals surface area (Å²) in [5.41, 5.74) is 0. The van der Waals surface area contributed by atoms with Gasteiger partial charge in [0, 0.05) is 0 Å². The van der Waals surface area contributed by atoms with Gasteiger partial charge in [-0.05, 0) is 0 Å². The Kier molecular flexibility index (Phi) is 2.09. The van der Waals surface area contributed by atoms with Crippen molar-refractivity contribution in [3.8, 4) is 0 Å². The van der Waals surface area contributed by atoms with Crippen molar-refractivity contribution in [3.05, 3.63) is 0 Å². The molecule has 0 spiro atoms. The minimum Gasteiger partial charge on any atom is -0.389 e. The number of hydrogen-bond donors (Lipinski definition) is 2. The number of fused-ring (bicyclic) bond motifs is 2. The number of hydrogen-bond acceptors (Lipinski definition) is 4. The van der Waals surface area contributed by atoms with Gasteiger partial charge >= 0.3 is 0 Å². The maximum atomic E-state index is 9.41. The first-order chi connectivity index (χ1) is 5.20. The lowest BCUT2D eigenvalue weighted by Crippen LogP contribution is -2.51. The van der Waals surface area contributed by atoms with Crippen LogP contribution in [0.1, 0.15) is 0 Å². The predicted octanol–water partition coefficient (Wildman–Crippen LogP) is -0.733. The van der Waals surface area contributed by atoms with Crippen LogP contribution >= 0.6 is 22.6 Å². The first-order valence-electron chi connectivity index (χ1n) is 3.47. The van der Waals surface area contributed by atoms with Gasteiger partial charge in [0.25, 0.3) is 0 Å². The molecular formula is C6H9IO4. The van der Waals surface area contributed by atoms with Gasteiger partial charge in [-0.25, -0.2) is 0 Å². The van der Waals surface area contributed by atoms with Crippen molar-refractivity contribution in [2.45, 2.75) is 28.5 Å². The van der Waals surface area contributed by atoms with Gasteiger partial charge in [-0.2, -0.15) is 0 Å². The predicted molar refractivity (Wildman–Crippen MR) is 44.4 cm³/mol. The third-order valence-electron chi connectivity index (χ3n) is 2.05. The van der Waals surface area contributed by atoms with E-state index in [1.165, 1.54) is 0 Å². The van der Waals surface area contributed by atoms with Crippen LogP contribution in [0.4, 0.5) is 0 Å². The third-order valence-corrected chi connectivity index (χ3v) is 3.37. The average molecular weight is 272 g/mol. The van der Waals surface area contributed by atoms with E-state index in [4.69, 9.17) is 9.47 Å². The van der Waals surface area contributed by atoms with Gasteiger partial charge in [-0.1, -0.05) is 22.6 Å². The molecule has 5 atom stereocenters. The van der Waals surface area contributed by atoms with Crippen molar-refractivity contribution in [1.82, 2.24) is 0 Å². The maximum absolute atomic E-state index is 9.41. The van der Waals surface area contributed by atoms with Crippen molar-refractivity contribution >= 4 is 22.6 Å². The molecule has 2 bridgehead atoms. The molecule has 4 nitrogen and oxygen atoms in total. The fourth-order valence-corrected chi connectivity index (χ4v) is 2.16. The molecule has 11 heavy (non-hydrogen) atoms. The Morgan fingerprint density at radius 1 is 1.27 bits per heavy atom. The van der Waals surface area contributed by atoms with Gasteiger partial charge in [0.05, 0.1) is 16.6 Å². The molecule has 2 N–H and O–H groups in total. The van der Waals surface area contributed by atoms with Crippen LogP contribution in [0.15, 0.2) is 0 Å². The molecule has 2 unspecified atom stereocenters. The number of rotatable bonds is 0. The van der Waals surface area contributed by atoms with Crippen molar-refractivity contribution in [2.75, 3.05) is 6.61 Å². The first-order valence-corrected chi connectivity index (χ1v) is 4.72. The van der Waals surface area contributed by atoms with E-state index >= 15 is 0 Å². The average Bonchev–Trinajstić information content (AvgIpc) is 2.44. The van der Waals surface area contributed by atoms with Crippen LogP contribution in [-0.4, -0.2) is 45.3 Å². The minimum atomic E-state index is -0.796. The van der Waals surface area contributed by atoms with Gasteiger partial charge < -0.3 is 19.7 Å². The topological polar surface area (TPSA) is 58.9 Å². The standard InChI is InChI=1S/C6H9IO4/c7-3-5(9)4(8)2-1-10-6(3)11-2/h2-6,8-9H,1H2/t2?,3?,4-,5-,6-/m1/s1. The fourth-order valence-electron chi connectivity index (χ4n) is 1.36. The Hall–Kier alpha value is 0.570. The lowest BCUT2D eigenvalue weighted by molar-refractivity contribution is -0.156. The van der Waals surface area contributed by atoms with Crippen LogP contribution in [0.2, 0.25) is 0 Å². The Morgan fingerprint density at radius 2 is 2.00 bits per heavy atom. The highest BCUT2D eigenvalue weighted by Crippen LogP contribution is 2.32. The zero-order valence-corrected chi connectivity index (χ0v) is 7.84. The smallest absolute Gasteiger partial charge is 0.172 e. The van der Waals surface area contributed by atoms with E-state index in [0.717, 1.165) is 0 Å². The summed E-state index contributed by atoms with van der Waals surface area (Å²) >= 11 is 2.03. The van der Waals surface area contributed by atoms with Gasteiger partial charge in [0.1, 0.15) is 12.2 Å². The molecule has 5 heteroatoms. The molecule has 0 aromatic heterocycles. The highest BCUT2D eigenvalue weighted by atomic mass is 127. The number of halogens is 1. The molecule has 0 aliphatic carbocycles. The van der Waals surface area contributed by atoms with Crippen molar-refractivity contribution in [3.63, 3.8) is 0 Å². The lowest BCUT2D eigenvalue weighted by Gasteiger charge is -2.32. The highest BCUT2D eigenvalue weighted by molar-refractivity contribution is 14.1. The normalized spacial score (nSPS) is 56.5. The largest absolute Gasteiger partial charge is 0.389 e. The lowest BCUT2D eigenvalue weighted by atomic mass is 10.0. The summed E-state index contributed by atoms with van der Waals surface area (Å²) in [6.07, 6.45) is -2.18. The van der Waals surface area contributed by atoms with E-state index < -0.39 is 12.2 Å². The molecule has 2 saturated heterocycles. The van der Waals surface area contributed by atoms with Gasteiger partial charge in [0.15, 0.2) is 6.29 Å². The fraction of sp³-hybridized carbons (Fsp3) is 1.00. The molecule has 2 rings (SSSR count). The van der Waals surface area contributed by atoms with E-state index in [0.29, 0.717) is 6.61 Å². The maximum Gasteiger partial charge on any atom is 0.172 e. The zero-order valence-electron chi connectivity index (χ0n) is 5.68. The van der Waals surface area contributed by atoms with E-state index in [-0.39, 0.29) is 16.3 Å². The summed E-state index contributed by atoms with van der Waals surface area (Å²) in [7, 11) is 0. The van der Waals surface area contributed by atoms with Crippen molar-refractivity contribution in [2.24, 2.45) is 0 Å². The summed E-state index contributed by atoms with van der Waals surface area (Å²) in [6.45, 7) is 0.391. The molecule has 0 amide bonds. The SMILES string of the molecule is O[C@@H]1C2CO[C@H](O2)C(I)[C@H]1O. The highest BCUT2D eigenvalue weighted by Gasteiger charge is 2.48. The van der Waals surface area contributed by atoms with Crippen LogP contribution in [0.25, 0.3) is 0 Å². The molecule has 0 aromatic carbocycles. The van der Waals surface area contributed by atoms with Crippen LogP contribution in [0, 0.1) is 0 Å². The van der Waals surface area contributed by atoms with Gasteiger partial charge in [-0.15, -0.1) is 0 Å². The van der Waals surface area contributed by atoms with Gasteiger partial charge in [0.2, 0.25) is 0 Å². The molecule has 2 aliphatic rings. The monoisotopic (exact) mass is 272 g/mol. The number of aliphatic hydroxyl groups excluding tert-OH is 2. The van der Waals surface area contributed by atoms with E-state index in [2.05, 4.69) is 0 Å². The molecule has 2 heterocycles. The van der Waals surface area contributed by atoms with E-state index in [9.17, 15) is 10.2 Å². The summed E-state index contributed by atoms with van der Waals surface area (Å²) in [6, 6.07) is 0. The van der Waals surface area contributed by atoms with Crippen LogP contribution in [0.5, 0.6) is 0 Å². The molecule has 0 radical (unpaired) electrons. The number of ether oxygens (including phenoxy) is 2. The first kappa shape index (κ1) is 8.18. The molecule has 2 fully saturated rings. The second kappa shape index (κ2) is 2.81. The molecule has 0 saturated carbocycles. The molecule has 64 valence electrons. The Morgan fingerprint density at radius 3 is 2.73 bits per heavy atom. The van der Waals surface area contributed by atoms with Crippen LogP contribution in [-0.2, 0) is 9.47 Å². The summed E-state index contributed by atoms with van der Waals surface area (Å²) in [5.74, 6) is 0. The Bertz CT molecular complexity index is 145. The molecule has 2 aliphatic heterocycles. The second-order valence-corrected chi connectivity index (χ2v) is 4.24. The quantitative estimate of drug-likeness (QED) is 0.451. The Balaban J connectivity index is 2.16. The van der Waals surface area contributed by atoms with Crippen LogP contribution < -0.4 is 0 Å². The number of aliphatic hydroxyl groups is 2. The summed E-state index contributed by atoms with van der Waals surface area (Å²) < 4.78 is 10.3. The summed E-state index contributed by atoms with van der Waals surface area (Å²) in [4.78, 5) is 0. The van der Waals surface area contributed by atoms with E-state index in [1.807, 2.05) is 22.6 Å². The summed E-state index contributed by atoms with van der Waals surface area (Å²) in [5, 5.41) is 18.8. The molecule has 0 aromatic rings. The van der Waals surface area contributed by atoms with E-state index in [1.54, 1.807) is 0 Å². The van der Waals surface area contributed by atoms with Crippen molar-refractivity contribution in [1.29, 1.82) is 0 Å². The third kappa shape index (κ3) is 1.19. The van der Waals surface area contributed by atoms with Crippen LogP contribution in [0.3, 0.4) is 0 Å². The minimum absolute atomic E-state index is 0.165. The zero-order chi connectivity index (χ0) is 8.01. The number of alkyl halides is 1. The second-order valence-electron chi connectivity index (χ2n) is 2.80. The molecular weight excluding hydrogens is 263 g/mol. The Labute approximate surface area is 77.6 Å². The van der Waals surface area contributed by atoms with Gasteiger partial charge in [-0.3, -0.25) is 0 Å².